The van der Waals surface area contributed by atoms with E-state index in [2.05, 4.69) is 10.2 Å². The molecule has 2 aromatic rings. The van der Waals surface area contributed by atoms with Crippen LogP contribution < -0.4 is 16.0 Å². The van der Waals surface area contributed by atoms with E-state index in [4.69, 9.17) is 10.5 Å². The van der Waals surface area contributed by atoms with Gasteiger partial charge in [-0.05, 0) is 55.2 Å². The predicted octanol–water partition coefficient (Wildman–Crippen LogP) is 2.59. The van der Waals surface area contributed by atoms with Crippen molar-refractivity contribution in [2.75, 3.05) is 57.4 Å². The quantitative estimate of drug-likeness (QED) is 0.567. The van der Waals surface area contributed by atoms with Gasteiger partial charge in [-0.1, -0.05) is 31.2 Å². The van der Waals surface area contributed by atoms with Gasteiger partial charge in [-0.25, -0.2) is 0 Å². The molecule has 35 heavy (non-hydrogen) atoms. The smallest absolute Gasteiger partial charge is 0.229 e. The number of carbonyl (C=O) groups is 2. The molecule has 1 amide bonds. The number of ether oxygens (including phenoxy) is 1. The molecular weight excluding hydrogens is 440 g/mol. The molecule has 2 heterocycles. The zero-order valence-corrected chi connectivity index (χ0v) is 21.0. The number of morpholine rings is 1. The zero-order valence-electron chi connectivity index (χ0n) is 21.0. The van der Waals surface area contributed by atoms with Gasteiger partial charge < -0.3 is 25.6 Å². The number of nitrogens with two attached hydrogens (primary N) is 1. The van der Waals surface area contributed by atoms with Crippen LogP contribution in [0.1, 0.15) is 47.7 Å². The van der Waals surface area contributed by atoms with Gasteiger partial charge in [-0.2, -0.15) is 0 Å². The number of benzene rings is 2. The molecular formula is C28H38N4O3. The number of piperazine rings is 1. The van der Waals surface area contributed by atoms with Gasteiger partial charge in [-0.3, -0.25) is 9.59 Å². The van der Waals surface area contributed by atoms with Gasteiger partial charge in [0.05, 0.1) is 24.7 Å². The van der Waals surface area contributed by atoms with Crippen molar-refractivity contribution in [3.63, 3.8) is 0 Å². The number of nitrogens with one attached hydrogen (secondary N) is 1. The van der Waals surface area contributed by atoms with E-state index in [1.54, 1.807) is 0 Å². The van der Waals surface area contributed by atoms with Crippen molar-refractivity contribution >= 4 is 17.4 Å². The molecule has 2 aliphatic rings. The van der Waals surface area contributed by atoms with Crippen molar-refractivity contribution in [2.24, 2.45) is 5.73 Å². The Hall–Kier alpha value is -2.74. The second-order valence-electron chi connectivity index (χ2n) is 9.70. The average molecular weight is 479 g/mol. The normalized spacial score (nSPS) is 19.2. The number of Topliss-reactive ketones (excluding diaryl/α,β-unsaturated/α-hetero) is 1. The molecule has 0 aromatic heterocycles. The highest BCUT2D eigenvalue weighted by Crippen LogP contribution is 2.25. The Morgan fingerprint density at radius 1 is 1.00 bits per heavy atom. The molecule has 7 heteroatoms. The highest BCUT2D eigenvalue weighted by molar-refractivity contribution is 6.03. The van der Waals surface area contributed by atoms with Crippen LogP contribution >= 0.6 is 0 Å². The number of nitrogens with zero attached hydrogens (tertiary/aromatic N) is 2. The standard InChI is InChI=1S/C28H38N4O3/c1-3-28(29,26(33)24-8-10-25(11-9-24)31-16-18-35-19-17-31)20-22-4-6-23(7-5-22)21(2)27(34)32-14-12-30-13-15-32/h4-11,21,30H,3,12-20,29H2,1-2H3. The van der Waals surface area contributed by atoms with E-state index in [0.717, 1.165) is 69.3 Å². The molecule has 0 saturated carbocycles. The van der Waals surface area contributed by atoms with Gasteiger partial charge in [0.15, 0.2) is 5.78 Å². The lowest BCUT2D eigenvalue weighted by Crippen LogP contribution is -2.49. The van der Waals surface area contributed by atoms with Crippen molar-refractivity contribution in [3.8, 4) is 0 Å². The lowest BCUT2D eigenvalue weighted by molar-refractivity contribution is -0.133. The third-order valence-electron chi connectivity index (χ3n) is 7.39. The maximum atomic E-state index is 13.4. The number of rotatable bonds is 8. The Kier molecular flexibility index (Phi) is 8.21. The molecule has 2 aromatic carbocycles. The maximum absolute atomic E-state index is 13.4. The minimum Gasteiger partial charge on any atom is -0.378 e. The van der Waals surface area contributed by atoms with E-state index in [1.165, 1.54) is 0 Å². The van der Waals surface area contributed by atoms with Gasteiger partial charge in [0.25, 0.3) is 0 Å². The lowest BCUT2D eigenvalue weighted by Gasteiger charge is -2.30. The van der Waals surface area contributed by atoms with Gasteiger partial charge >= 0.3 is 0 Å². The van der Waals surface area contributed by atoms with E-state index in [-0.39, 0.29) is 17.6 Å². The third kappa shape index (κ3) is 5.92. The molecule has 0 spiro atoms. The van der Waals surface area contributed by atoms with Gasteiger partial charge in [0.1, 0.15) is 0 Å². The summed E-state index contributed by atoms with van der Waals surface area (Å²) in [5.74, 6) is -0.0703. The molecule has 0 aliphatic carbocycles. The Labute approximate surface area is 208 Å². The van der Waals surface area contributed by atoms with E-state index < -0.39 is 5.54 Å². The van der Waals surface area contributed by atoms with E-state index in [0.29, 0.717) is 18.4 Å². The highest BCUT2D eigenvalue weighted by atomic mass is 16.5. The van der Waals surface area contributed by atoms with Crippen molar-refractivity contribution in [2.45, 2.75) is 38.1 Å². The zero-order chi connectivity index (χ0) is 24.8. The number of ketones is 1. The molecule has 2 atom stereocenters. The number of amides is 1. The van der Waals surface area contributed by atoms with Crippen LogP contribution in [-0.4, -0.2) is 74.6 Å². The first-order chi connectivity index (χ1) is 16.9. The van der Waals surface area contributed by atoms with Gasteiger partial charge in [0.2, 0.25) is 5.91 Å². The van der Waals surface area contributed by atoms with Crippen LogP contribution in [-0.2, 0) is 16.0 Å². The van der Waals surface area contributed by atoms with Gasteiger partial charge in [-0.15, -0.1) is 0 Å². The van der Waals surface area contributed by atoms with Crippen molar-refractivity contribution in [1.82, 2.24) is 10.2 Å². The number of carbonyl (C=O) groups excluding carboxylic acids is 2. The largest absolute Gasteiger partial charge is 0.378 e. The van der Waals surface area contributed by atoms with E-state index in [1.807, 2.05) is 67.3 Å². The van der Waals surface area contributed by atoms with Crippen LogP contribution in [0.3, 0.4) is 0 Å². The van der Waals surface area contributed by atoms with Crippen LogP contribution in [0.5, 0.6) is 0 Å². The lowest BCUT2D eigenvalue weighted by atomic mass is 9.82. The molecule has 3 N–H and O–H groups in total. The van der Waals surface area contributed by atoms with Crippen LogP contribution in [0.4, 0.5) is 5.69 Å². The fourth-order valence-electron chi connectivity index (χ4n) is 4.89. The van der Waals surface area contributed by atoms with Crippen molar-refractivity contribution in [1.29, 1.82) is 0 Å². The highest BCUT2D eigenvalue weighted by Gasteiger charge is 2.33. The average Bonchev–Trinajstić information content (AvgIpc) is 2.93. The number of anilines is 1. The Morgan fingerprint density at radius 2 is 1.63 bits per heavy atom. The van der Waals surface area contributed by atoms with E-state index >= 15 is 0 Å². The molecule has 2 saturated heterocycles. The Bertz CT molecular complexity index is 996. The summed E-state index contributed by atoms with van der Waals surface area (Å²) in [6, 6.07) is 15.8. The molecule has 2 aliphatic heterocycles. The van der Waals surface area contributed by atoms with Crippen molar-refractivity contribution < 1.29 is 14.3 Å². The molecule has 2 unspecified atom stereocenters. The molecule has 2 fully saturated rings. The third-order valence-corrected chi connectivity index (χ3v) is 7.39. The summed E-state index contributed by atoms with van der Waals surface area (Å²) in [6.07, 6.45) is 0.991. The van der Waals surface area contributed by atoms with Crippen LogP contribution in [0.2, 0.25) is 0 Å². The summed E-state index contributed by atoms with van der Waals surface area (Å²) < 4.78 is 5.43. The number of hydrogen-bond acceptors (Lipinski definition) is 6. The Balaban J connectivity index is 1.41. The second-order valence-corrected chi connectivity index (χ2v) is 9.70. The topological polar surface area (TPSA) is 87.9 Å². The molecule has 4 rings (SSSR count). The Morgan fingerprint density at radius 3 is 2.23 bits per heavy atom. The first-order valence-corrected chi connectivity index (χ1v) is 12.8. The minimum absolute atomic E-state index is 0.0418. The van der Waals surface area contributed by atoms with Crippen LogP contribution in [0.25, 0.3) is 0 Å². The molecule has 7 nitrogen and oxygen atoms in total. The maximum Gasteiger partial charge on any atom is 0.229 e. The summed E-state index contributed by atoms with van der Waals surface area (Å²) in [5.41, 5.74) is 9.43. The molecule has 188 valence electrons. The fraction of sp³-hybridized carbons (Fsp3) is 0.500. The summed E-state index contributed by atoms with van der Waals surface area (Å²) in [6.45, 7) is 10.3. The summed E-state index contributed by atoms with van der Waals surface area (Å²) in [5, 5.41) is 3.28. The summed E-state index contributed by atoms with van der Waals surface area (Å²) in [7, 11) is 0. The molecule has 0 bridgehead atoms. The summed E-state index contributed by atoms with van der Waals surface area (Å²) >= 11 is 0. The number of hydrogen-bond donors (Lipinski definition) is 2. The van der Waals surface area contributed by atoms with Crippen molar-refractivity contribution in [3.05, 3.63) is 65.2 Å². The monoisotopic (exact) mass is 478 g/mol. The molecule has 0 radical (unpaired) electrons. The predicted molar refractivity (Wildman–Crippen MR) is 139 cm³/mol. The fourth-order valence-corrected chi connectivity index (χ4v) is 4.89. The first kappa shape index (κ1) is 25.4. The minimum atomic E-state index is -0.982. The summed E-state index contributed by atoms with van der Waals surface area (Å²) in [4.78, 5) is 30.5. The van der Waals surface area contributed by atoms with E-state index in [9.17, 15) is 9.59 Å². The van der Waals surface area contributed by atoms with Crippen LogP contribution in [0.15, 0.2) is 48.5 Å². The van der Waals surface area contributed by atoms with Crippen LogP contribution in [0, 0.1) is 0 Å². The first-order valence-electron chi connectivity index (χ1n) is 12.8. The van der Waals surface area contributed by atoms with Gasteiger partial charge in [0, 0.05) is 50.5 Å². The second kappa shape index (κ2) is 11.3. The SMILES string of the molecule is CCC(N)(Cc1ccc(C(C)C(=O)N2CCNCC2)cc1)C(=O)c1ccc(N2CCOCC2)cc1.